The van der Waals surface area contributed by atoms with Crippen LogP contribution in [-0.4, -0.2) is 38.3 Å². The Morgan fingerprint density at radius 1 is 1.11 bits per heavy atom. The Labute approximate surface area is 166 Å². The highest BCUT2D eigenvalue weighted by Crippen LogP contribution is 2.21. The van der Waals surface area contributed by atoms with Crippen molar-refractivity contribution in [1.82, 2.24) is 9.62 Å². The van der Waals surface area contributed by atoms with Crippen molar-refractivity contribution < 1.29 is 17.6 Å². The van der Waals surface area contributed by atoms with Gasteiger partial charge in [0.25, 0.3) is 5.91 Å². The highest BCUT2D eigenvalue weighted by Gasteiger charge is 2.27. The van der Waals surface area contributed by atoms with Gasteiger partial charge in [-0.15, -0.1) is 0 Å². The molecular formula is C19H20BrFN2O3S. The zero-order valence-electron chi connectivity index (χ0n) is 14.6. The smallest absolute Gasteiger partial charge is 0.251 e. The first kappa shape index (κ1) is 20.0. The average Bonchev–Trinajstić information content (AvgIpc) is 3.20. The topological polar surface area (TPSA) is 66.5 Å². The summed E-state index contributed by atoms with van der Waals surface area (Å²) >= 11 is 3.14. The second kappa shape index (κ2) is 8.50. The summed E-state index contributed by atoms with van der Waals surface area (Å²) in [6, 6.07) is 10.7. The summed E-state index contributed by atoms with van der Waals surface area (Å²) < 4.78 is 40.1. The first-order valence-electron chi connectivity index (χ1n) is 8.70. The Hall–Kier alpha value is -1.77. The summed E-state index contributed by atoms with van der Waals surface area (Å²) in [5.41, 5.74) is 1.30. The molecule has 3 rings (SSSR count). The van der Waals surface area contributed by atoms with Gasteiger partial charge in [-0.25, -0.2) is 12.8 Å². The van der Waals surface area contributed by atoms with E-state index in [0.29, 0.717) is 36.1 Å². The number of amides is 1. The SMILES string of the molecule is O=C(NCCc1ccc(F)c(Br)c1)c1ccc(S(=O)(=O)N2CCCC2)cc1. The monoisotopic (exact) mass is 454 g/mol. The molecule has 0 spiro atoms. The molecule has 2 aromatic carbocycles. The Morgan fingerprint density at radius 3 is 2.41 bits per heavy atom. The minimum atomic E-state index is -3.48. The zero-order valence-corrected chi connectivity index (χ0v) is 17.0. The van der Waals surface area contributed by atoms with E-state index in [-0.39, 0.29) is 16.6 Å². The molecule has 1 amide bonds. The van der Waals surface area contributed by atoms with Gasteiger partial charge in [-0.1, -0.05) is 6.07 Å². The second-order valence-electron chi connectivity index (χ2n) is 6.39. The van der Waals surface area contributed by atoms with Crippen LogP contribution in [0.5, 0.6) is 0 Å². The lowest BCUT2D eigenvalue weighted by atomic mass is 10.1. The molecule has 0 aromatic heterocycles. The summed E-state index contributed by atoms with van der Waals surface area (Å²) in [6.07, 6.45) is 2.32. The van der Waals surface area contributed by atoms with Crippen molar-refractivity contribution in [3.05, 3.63) is 63.9 Å². The number of nitrogens with zero attached hydrogens (tertiary/aromatic N) is 1. The van der Waals surface area contributed by atoms with E-state index in [1.165, 1.54) is 34.6 Å². The first-order valence-corrected chi connectivity index (χ1v) is 10.9. The number of carbonyl (C=O) groups is 1. The predicted molar refractivity (Wildman–Crippen MR) is 105 cm³/mol. The van der Waals surface area contributed by atoms with Gasteiger partial charge in [-0.2, -0.15) is 4.31 Å². The molecule has 0 saturated carbocycles. The minimum Gasteiger partial charge on any atom is -0.352 e. The summed E-state index contributed by atoms with van der Waals surface area (Å²) in [5.74, 6) is -0.604. The molecule has 0 radical (unpaired) electrons. The normalized spacial score (nSPS) is 15.0. The Kier molecular flexibility index (Phi) is 6.29. The molecule has 1 fully saturated rings. The third-order valence-corrected chi connectivity index (χ3v) is 7.02. The lowest BCUT2D eigenvalue weighted by molar-refractivity contribution is 0.0954. The van der Waals surface area contributed by atoms with Crippen LogP contribution in [0.4, 0.5) is 4.39 Å². The molecule has 2 aromatic rings. The number of hydrogen-bond acceptors (Lipinski definition) is 3. The molecule has 0 bridgehead atoms. The van der Waals surface area contributed by atoms with Crippen LogP contribution in [0.15, 0.2) is 51.8 Å². The van der Waals surface area contributed by atoms with E-state index in [0.717, 1.165) is 18.4 Å². The van der Waals surface area contributed by atoms with Gasteiger partial charge in [0.2, 0.25) is 10.0 Å². The van der Waals surface area contributed by atoms with Crippen LogP contribution in [0.3, 0.4) is 0 Å². The van der Waals surface area contributed by atoms with Crippen molar-refractivity contribution in [2.45, 2.75) is 24.2 Å². The van der Waals surface area contributed by atoms with Crippen LogP contribution in [0.2, 0.25) is 0 Å². The maximum absolute atomic E-state index is 13.2. The van der Waals surface area contributed by atoms with Gasteiger partial charge in [0, 0.05) is 25.2 Å². The molecule has 1 heterocycles. The number of carbonyl (C=O) groups excluding carboxylic acids is 1. The maximum atomic E-state index is 13.2. The fourth-order valence-corrected chi connectivity index (χ4v) is 4.92. The van der Waals surface area contributed by atoms with E-state index in [2.05, 4.69) is 21.2 Å². The molecule has 0 unspecified atom stereocenters. The van der Waals surface area contributed by atoms with Crippen molar-refractivity contribution in [3.63, 3.8) is 0 Å². The molecule has 1 N–H and O–H groups in total. The molecule has 8 heteroatoms. The molecule has 144 valence electrons. The van der Waals surface area contributed by atoms with Gasteiger partial charge >= 0.3 is 0 Å². The van der Waals surface area contributed by atoms with Crippen molar-refractivity contribution in [2.75, 3.05) is 19.6 Å². The molecule has 0 aliphatic carbocycles. The number of halogens is 2. The predicted octanol–water partition coefficient (Wildman–Crippen LogP) is 3.35. The molecule has 1 aliphatic rings. The second-order valence-corrected chi connectivity index (χ2v) is 9.18. The Bertz CT molecular complexity index is 926. The van der Waals surface area contributed by atoms with Crippen molar-refractivity contribution >= 4 is 31.9 Å². The van der Waals surface area contributed by atoms with Crippen LogP contribution in [0.25, 0.3) is 0 Å². The highest BCUT2D eigenvalue weighted by molar-refractivity contribution is 9.10. The number of benzene rings is 2. The molecule has 27 heavy (non-hydrogen) atoms. The van der Waals surface area contributed by atoms with E-state index in [9.17, 15) is 17.6 Å². The van der Waals surface area contributed by atoms with Crippen LogP contribution >= 0.6 is 15.9 Å². The average molecular weight is 455 g/mol. The lowest BCUT2D eigenvalue weighted by Crippen LogP contribution is -2.28. The summed E-state index contributed by atoms with van der Waals surface area (Å²) in [4.78, 5) is 12.4. The maximum Gasteiger partial charge on any atom is 0.251 e. The quantitative estimate of drug-likeness (QED) is 0.727. The largest absolute Gasteiger partial charge is 0.352 e. The van der Waals surface area contributed by atoms with Crippen LogP contribution in [-0.2, 0) is 16.4 Å². The van der Waals surface area contributed by atoms with Crippen LogP contribution in [0.1, 0.15) is 28.8 Å². The number of rotatable bonds is 6. The highest BCUT2D eigenvalue weighted by atomic mass is 79.9. The van der Waals surface area contributed by atoms with Gasteiger partial charge in [-0.3, -0.25) is 4.79 Å². The molecule has 1 saturated heterocycles. The Morgan fingerprint density at radius 2 is 1.78 bits per heavy atom. The molecular weight excluding hydrogens is 435 g/mol. The summed E-state index contributed by atoms with van der Waals surface area (Å²) in [5, 5.41) is 2.79. The van der Waals surface area contributed by atoms with E-state index in [4.69, 9.17) is 0 Å². The van der Waals surface area contributed by atoms with Crippen molar-refractivity contribution in [2.24, 2.45) is 0 Å². The summed E-state index contributed by atoms with van der Waals surface area (Å²) in [6.45, 7) is 1.48. The summed E-state index contributed by atoms with van der Waals surface area (Å²) in [7, 11) is -3.48. The van der Waals surface area contributed by atoms with E-state index in [1.54, 1.807) is 12.1 Å². The van der Waals surface area contributed by atoms with E-state index < -0.39 is 10.0 Å². The van der Waals surface area contributed by atoms with Crippen LogP contribution < -0.4 is 5.32 Å². The number of nitrogens with one attached hydrogen (secondary N) is 1. The van der Waals surface area contributed by atoms with Gasteiger partial charge in [0.15, 0.2) is 0 Å². The van der Waals surface area contributed by atoms with Gasteiger partial charge < -0.3 is 5.32 Å². The minimum absolute atomic E-state index is 0.206. The van der Waals surface area contributed by atoms with Crippen molar-refractivity contribution in [1.29, 1.82) is 0 Å². The number of hydrogen-bond donors (Lipinski definition) is 1. The first-order chi connectivity index (χ1) is 12.9. The molecule has 5 nitrogen and oxygen atoms in total. The zero-order chi connectivity index (χ0) is 19.4. The van der Waals surface area contributed by atoms with Crippen molar-refractivity contribution in [3.8, 4) is 0 Å². The fourth-order valence-electron chi connectivity index (χ4n) is 2.97. The van der Waals surface area contributed by atoms with Gasteiger partial charge in [0.05, 0.1) is 9.37 Å². The molecule has 0 atom stereocenters. The Balaban J connectivity index is 1.58. The van der Waals surface area contributed by atoms with Gasteiger partial charge in [-0.05, 0) is 77.2 Å². The number of sulfonamides is 1. The third kappa shape index (κ3) is 4.75. The standard InChI is InChI=1S/C19H20BrFN2O3S/c20-17-13-14(3-8-18(17)21)9-10-22-19(24)15-4-6-16(7-5-15)27(25,26)23-11-1-2-12-23/h3-8,13H,1-2,9-12H2,(H,22,24). The van der Waals surface area contributed by atoms with E-state index in [1.807, 2.05) is 0 Å². The van der Waals surface area contributed by atoms with E-state index >= 15 is 0 Å². The molecule has 1 aliphatic heterocycles. The van der Waals surface area contributed by atoms with Gasteiger partial charge in [0.1, 0.15) is 5.82 Å². The van der Waals surface area contributed by atoms with Crippen LogP contribution in [0, 0.1) is 5.82 Å². The third-order valence-electron chi connectivity index (χ3n) is 4.50. The lowest BCUT2D eigenvalue weighted by Gasteiger charge is -2.15. The fraction of sp³-hybridized carbons (Fsp3) is 0.316.